The third-order valence-corrected chi connectivity index (χ3v) is 3.21. The average Bonchev–Trinajstić information content (AvgIpc) is 2.97. The number of benzene rings is 2. The summed E-state index contributed by atoms with van der Waals surface area (Å²) in [5, 5.41) is 4.99. The van der Waals surface area contributed by atoms with Crippen molar-refractivity contribution in [1.82, 2.24) is 5.43 Å². The minimum absolute atomic E-state index is 0.336. The van der Waals surface area contributed by atoms with Gasteiger partial charge in [-0.25, -0.2) is 9.82 Å². The number of hydrogen-bond donors (Lipinski definition) is 1. The van der Waals surface area contributed by atoms with E-state index in [1.165, 1.54) is 24.3 Å². The lowest BCUT2D eigenvalue weighted by molar-refractivity contribution is 0.0955. The molecule has 0 fully saturated rings. The van der Waals surface area contributed by atoms with E-state index < -0.39 is 11.7 Å². The highest BCUT2D eigenvalue weighted by atomic mass is 19.1. The maximum atomic E-state index is 12.8. The van der Waals surface area contributed by atoms with Gasteiger partial charge in [0.25, 0.3) is 5.91 Å². The largest absolute Gasteiger partial charge is 0.455 e. The summed E-state index contributed by atoms with van der Waals surface area (Å²) in [5.41, 5.74) is 4.07. The van der Waals surface area contributed by atoms with Gasteiger partial charge in [0.2, 0.25) is 0 Å². The highest BCUT2D eigenvalue weighted by Crippen LogP contribution is 2.19. The molecule has 110 valence electrons. The Morgan fingerprint density at radius 2 is 1.86 bits per heavy atom. The molecule has 0 bridgehead atoms. The second kappa shape index (κ2) is 5.81. The number of hydrazone groups is 1. The van der Waals surface area contributed by atoms with Gasteiger partial charge in [0, 0.05) is 10.9 Å². The Hall–Kier alpha value is -2.95. The summed E-state index contributed by atoms with van der Waals surface area (Å²) in [7, 11) is 0. The highest BCUT2D eigenvalue weighted by Gasteiger charge is 2.08. The van der Waals surface area contributed by atoms with E-state index in [4.69, 9.17) is 4.42 Å². The van der Waals surface area contributed by atoms with Crippen LogP contribution in [0.4, 0.5) is 4.39 Å². The summed E-state index contributed by atoms with van der Waals surface area (Å²) in [6, 6.07) is 14.7. The van der Waals surface area contributed by atoms with E-state index in [1.807, 2.05) is 30.3 Å². The van der Waals surface area contributed by atoms with Crippen LogP contribution in [0.15, 0.2) is 64.1 Å². The van der Waals surface area contributed by atoms with Crippen LogP contribution < -0.4 is 5.43 Å². The number of hydrogen-bond acceptors (Lipinski definition) is 3. The van der Waals surface area contributed by atoms with Crippen molar-refractivity contribution < 1.29 is 13.6 Å². The molecular weight excluding hydrogens is 283 g/mol. The maximum Gasteiger partial charge on any atom is 0.271 e. The Balaban J connectivity index is 1.76. The molecule has 0 spiro atoms. The van der Waals surface area contributed by atoms with Crippen LogP contribution in [0.2, 0.25) is 0 Å². The smallest absolute Gasteiger partial charge is 0.271 e. The van der Waals surface area contributed by atoms with Crippen molar-refractivity contribution in [1.29, 1.82) is 0 Å². The zero-order valence-electron chi connectivity index (χ0n) is 11.8. The first-order chi connectivity index (χ1) is 10.6. The van der Waals surface area contributed by atoms with Gasteiger partial charge in [0.1, 0.15) is 17.1 Å². The first-order valence-electron chi connectivity index (χ1n) is 6.72. The summed E-state index contributed by atoms with van der Waals surface area (Å²) in [4.78, 5) is 11.9. The van der Waals surface area contributed by atoms with Crippen LogP contribution >= 0.6 is 0 Å². The predicted octanol–water partition coefficient (Wildman–Crippen LogP) is 3.73. The standard InChI is InChI=1S/C17H13FN2O2/c1-11(16-10-13-4-2-3-5-15(13)22-16)19-20-17(21)12-6-8-14(18)9-7-12/h2-10H,1H3,(H,20,21)/b19-11-. The molecule has 0 unspecified atom stereocenters. The molecule has 22 heavy (non-hydrogen) atoms. The third-order valence-electron chi connectivity index (χ3n) is 3.21. The summed E-state index contributed by atoms with van der Waals surface area (Å²) in [6.45, 7) is 1.74. The number of carbonyl (C=O) groups excluding carboxylic acids is 1. The zero-order valence-corrected chi connectivity index (χ0v) is 11.8. The monoisotopic (exact) mass is 296 g/mol. The number of para-hydroxylation sites is 1. The van der Waals surface area contributed by atoms with E-state index in [2.05, 4.69) is 10.5 Å². The fraction of sp³-hybridized carbons (Fsp3) is 0.0588. The van der Waals surface area contributed by atoms with Gasteiger partial charge < -0.3 is 4.42 Å². The topological polar surface area (TPSA) is 54.6 Å². The fourth-order valence-corrected chi connectivity index (χ4v) is 2.02. The molecule has 0 aliphatic heterocycles. The molecule has 1 N–H and O–H groups in total. The van der Waals surface area contributed by atoms with Crippen LogP contribution in [0, 0.1) is 5.82 Å². The van der Waals surface area contributed by atoms with Gasteiger partial charge in [0.05, 0.1) is 0 Å². The van der Waals surface area contributed by atoms with Crippen molar-refractivity contribution in [2.75, 3.05) is 0 Å². The van der Waals surface area contributed by atoms with Gasteiger partial charge in [0.15, 0.2) is 5.76 Å². The van der Waals surface area contributed by atoms with Gasteiger partial charge in [-0.05, 0) is 43.3 Å². The van der Waals surface area contributed by atoms with Crippen LogP contribution in [0.5, 0.6) is 0 Å². The Morgan fingerprint density at radius 1 is 1.14 bits per heavy atom. The van der Waals surface area contributed by atoms with Crippen molar-refractivity contribution in [2.45, 2.75) is 6.92 Å². The van der Waals surface area contributed by atoms with Crippen LogP contribution in [-0.2, 0) is 0 Å². The van der Waals surface area contributed by atoms with E-state index in [1.54, 1.807) is 6.92 Å². The normalized spacial score (nSPS) is 11.6. The molecule has 1 amide bonds. The molecule has 2 aromatic carbocycles. The molecule has 0 atom stereocenters. The van der Waals surface area contributed by atoms with Crippen LogP contribution in [-0.4, -0.2) is 11.6 Å². The van der Waals surface area contributed by atoms with Gasteiger partial charge in [-0.15, -0.1) is 0 Å². The summed E-state index contributed by atoms with van der Waals surface area (Å²) in [6.07, 6.45) is 0. The SMILES string of the molecule is C/C(=N/NC(=O)c1ccc(F)cc1)c1cc2ccccc2o1. The van der Waals surface area contributed by atoms with Gasteiger partial charge in [-0.2, -0.15) is 5.10 Å². The molecule has 4 nitrogen and oxygen atoms in total. The molecule has 0 saturated carbocycles. The molecule has 5 heteroatoms. The van der Waals surface area contributed by atoms with Crippen LogP contribution in [0.3, 0.4) is 0 Å². The van der Waals surface area contributed by atoms with Crippen molar-refractivity contribution in [3.8, 4) is 0 Å². The number of nitrogens with one attached hydrogen (secondary N) is 1. The van der Waals surface area contributed by atoms with Crippen molar-refractivity contribution in [3.05, 3.63) is 71.7 Å². The van der Waals surface area contributed by atoms with E-state index in [9.17, 15) is 9.18 Å². The Labute approximate surface area is 126 Å². The Bertz CT molecular complexity index is 817. The lowest BCUT2D eigenvalue weighted by Gasteiger charge is -2.01. The van der Waals surface area contributed by atoms with E-state index in [-0.39, 0.29) is 0 Å². The zero-order chi connectivity index (χ0) is 15.5. The molecule has 1 heterocycles. The second-order valence-electron chi connectivity index (χ2n) is 4.79. The number of furan rings is 1. The lowest BCUT2D eigenvalue weighted by atomic mass is 10.2. The van der Waals surface area contributed by atoms with Crippen molar-refractivity contribution >= 4 is 22.6 Å². The highest BCUT2D eigenvalue weighted by molar-refractivity contribution is 6.01. The second-order valence-corrected chi connectivity index (χ2v) is 4.79. The minimum Gasteiger partial charge on any atom is -0.455 e. The number of rotatable bonds is 3. The lowest BCUT2D eigenvalue weighted by Crippen LogP contribution is -2.19. The molecule has 0 radical (unpaired) electrons. The number of nitrogens with zero attached hydrogens (tertiary/aromatic N) is 1. The predicted molar refractivity (Wildman–Crippen MR) is 82.3 cm³/mol. The molecule has 3 rings (SSSR count). The quantitative estimate of drug-likeness (QED) is 0.591. The van der Waals surface area contributed by atoms with Gasteiger partial charge >= 0.3 is 0 Å². The number of amides is 1. The third kappa shape index (κ3) is 2.88. The first kappa shape index (κ1) is 14.0. The average molecular weight is 296 g/mol. The maximum absolute atomic E-state index is 12.8. The van der Waals surface area contributed by atoms with Gasteiger partial charge in [-0.1, -0.05) is 18.2 Å². The van der Waals surface area contributed by atoms with E-state index in [0.29, 0.717) is 17.0 Å². The Kier molecular flexibility index (Phi) is 3.70. The van der Waals surface area contributed by atoms with Gasteiger partial charge in [-0.3, -0.25) is 4.79 Å². The molecule has 0 saturated heterocycles. The van der Waals surface area contributed by atoms with Crippen LogP contribution in [0.1, 0.15) is 23.0 Å². The van der Waals surface area contributed by atoms with E-state index >= 15 is 0 Å². The molecule has 1 aromatic heterocycles. The molecule has 3 aromatic rings. The molecule has 0 aliphatic rings. The number of halogens is 1. The number of fused-ring (bicyclic) bond motifs is 1. The van der Waals surface area contributed by atoms with Crippen molar-refractivity contribution in [2.24, 2.45) is 5.10 Å². The molecular formula is C17H13FN2O2. The Morgan fingerprint density at radius 3 is 2.59 bits per heavy atom. The van der Waals surface area contributed by atoms with Crippen LogP contribution in [0.25, 0.3) is 11.0 Å². The summed E-state index contributed by atoms with van der Waals surface area (Å²) >= 11 is 0. The minimum atomic E-state index is -0.407. The number of carbonyl (C=O) groups is 1. The van der Waals surface area contributed by atoms with Crippen molar-refractivity contribution in [3.63, 3.8) is 0 Å². The van der Waals surface area contributed by atoms with E-state index in [0.717, 1.165) is 11.0 Å². The summed E-state index contributed by atoms with van der Waals surface area (Å²) < 4.78 is 18.5. The summed E-state index contributed by atoms with van der Waals surface area (Å²) in [5.74, 6) is -0.213. The first-order valence-corrected chi connectivity index (χ1v) is 6.72. The molecule has 0 aliphatic carbocycles. The fourth-order valence-electron chi connectivity index (χ4n) is 2.02.